The number of halogens is 1. The van der Waals surface area contributed by atoms with Crippen LogP contribution in [-0.2, 0) is 4.79 Å². The molecule has 5 heteroatoms. The molecule has 23 heavy (non-hydrogen) atoms. The van der Waals surface area contributed by atoms with Crippen LogP contribution in [0.2, 0.25) is 0 Å². The minimum Gasteiger partial charge on any atom is -0.491 e. The summed E-state index contributed by atoms with van der Waals surface area (Å²) in [4.78, 5) is 12.2. The van der Waals surface area contributed by atoms with Gasteiger partial charge in [-0.1, -0.05) is 18.2 Å². The van der Waals surface area contributed by atoms with Crippen LogP contribution >= 0.6 is 0 Å². The molecule has 0 fully saturated rings. The summed E-state index contributed by atoms with van der Waals surface area (Å²) in [5.74, 6) is -0.438. The van der Waals surface area contributed by atoms with E-state index in [9.17, 15) is 9.18 Å². The summed E-state index contributed by atoms with van der Waals surface area (Å²) in [6.45, 7) is 5.85. The second-order valence-electron chi connectivity index (χ2n) is 5.25. The van der Waals surface area contributed by atoms with Crippen LogP contribution in [-0.4, -0.2) is 18.6 Å². The Labute approximate surface area is 135 Å². The lowest BCUT2D eigenvalue weighted by atomic mass is 10.2. The number of benzene rings is 2. The smallest absolute Gasteiger partial charge is 0.246 e. The van der Waals surface area contributed by atoms with Crippen LogP contribution in [0, 0.1) is 12.7 Å². The van der Waals surface area contributed by atoms with Crippen LogP contribution < -0.4 is 15.4 Å². The highest BCUT2D eigenvalue weighted by Crippen LogP contribution is 2.22. The first-order valence-electron chi connectivity index (χ1n) is 7.56. The summed E-state index contributed by atoms with van der Waals surface area (Å²) >= 11 is 0. The molecule has 2 rings (SSSR count). The van der Waals surface area contributed by atoms with E-state index in [1.165, 1.54) is 6.07 Å². The molecular formula is C18H21FN2O2. The number of hydrogen-bond donors (Lipinski definition) is 2. The Hall–Kier alpha value is -2.56. The molecular weight excluding hydrogens is 295 g/mol. The molecule has 0 aliphatic carbocycles. The Morgan fingerprint density at radius 2 is 2.00 bits per heavy atom. The molecule has 122 valence electrons. The van der Waals surface area contributed by atoms with Crippen molar-refractivity contribution >= 4 is 17.3 Å². The highest BCUT2D eigenvalue weighted by molar-refractivity contribution is 5.96. The number of ether oxygens (including phenoxy) is 1. The summed E-state index contributed by atoms with van der Waals surface area (Å²) in [7, 11) is 0. The zero-order chi connectivity index (χ0) is 16.8. The largest absolute Gasteiger partial charge is 0.491 e. The Bertz CT molecular complexity index is 688. The lowest BCUT2D eigenvalue weighted by Crippen LogP contribution is -2.32. The highest BCUT2D eigenvalue weighted by Gasteiger charge is 2.14. The number of para-hydroxylation sites is 1. The first kappa shape index (κ1) is 16.8. The first-order chi connectivity index (χ1) is 11.0. The molecule has 0 radical (unpaired) electrons. The van der Waals surface area contributed by atoms with Crippen molar-refractivity contribution in [3.63, 3.8) is 0 Å². The number of aryl methyl sites for hydroxylation is 1. The number of rotatable bonds is 6. The summed E-state index contributed by atoms with van der Waals surface area (Å²) in [6.07, 6.45) is 0. The molecule has 0 saturated carbocycles. The van der Waals surface area contributed by atoms with Gasteiger partial charge in [0.25, 0.3) is 0 Å². The van der Waals surface area contributed by atoms with Crippen molar-refractivity contribution in [2.45, 2.75) is 26.8 Å². The molecule has 1 unspecified atom stereocenters. The summed E-state index contributed by atoms with van der Waals surface area (Å²) in [6, 6.07) is 11.6. The van der Waals surface area contributed by atoms with Gasteiger partial charge < -0.3 is 15.4 Å². The normalized spacial score (nSPS) is 11.7. The Balaban J connectivity index is 2.01. The molecule has 1 amide bonds. The van der Waals surface area contributed by atoms with E-state index in [1.54, 1.807) is 26.0 Å². The van der Waals surface area contributed by atoms with Crippen molar-refractivity contribution in [3.05, 3.63) is 53.8 Å². The van der Waals surface area contributed by atoms with Crippen molar-refractivity contribution in [2.75, 3.05) is 17.2 Å². The molecule has 0 aliphatic rings. The SMILES string of the molecule is CCOc1ccc(NC(C)C(=O)Nc2ccccc2C)cc1F. The molecule has 0 spiro atoms. The number of amides is 1. The van der Waals surface area contributed by atoms with Gasteiger partial charge in [-0.05, 0) is 44.5 Å². The molecule has 0 aromatic heterocycles. The fourth-order valence-corrected chi connectivity index (χ4v) is 2.13. The standard InChI is InChI=1S/C18H21FN2O2/c1-4-23-17-10-9-14(11-15(17)19)20-13(3)18(22)21-16-8-6-5-7-12(16)2/h5-11,13,20H,4H2,1-3H3,(H,21,22). The number of nitrogens with one attached hydrogen (secondary N) is 2. The van der Waals surface area contributed by atoms with Gasteiger partial charge in [-0.3, -0.25) is 4.79 Å². The van der Waals surface area contributed by atoms with Gasteiger partial charge in [-0.2, -0.15) is 0 Å². The van der Waals surface area contributed by atoms with Crippen molar-refractivity contribution in [2.24, 2.45) is 0 Å². The van der Waals surface area contributed by atoms with Gasteiger partial charge in [-0.25, -0.2) is 4.39 Å². The monoisotopic (exact) mass is 316 g/mol. The van der Waals surface area contributed by atoms with Crippen molar-refractivity contribution in [1.82, 2.24) is 0 Å². The predicted molar refractivity (Wildman–Crippen MR) is 90.5 cm³/mol. The molecule has 0 saturated heterocycles. The van der Waals surface area contributed by atoms with Crippen LogP contribution in [0.1, 0.15) is 19.4 Å². The maximum Gasteiger partial charge on any atom is 0.246 e. The zero-order valence-corrected chi connectivity index (χ0v) is 13.5. The van der Waals surface area contributed by atoms with Gasteiger partial charge in [0.2, 0.25) is 5.91 Å². The molecule has 0 heterocycles. The second-order valence-corrected chi connectivity index (χ2v) is 5.25. The molecule has 2 aromatic rings. The number of hydrogen-bond acceptors (Lipinski definition) is 3. The predicted octanol–water partition coefficient (Wildman–Crippen LogP) is 3.97. The molecule has 0 bridgehead atoms. The highest BCUT2D eigenvalue weighted by atomic mass is 19.1. The van der Waals surface area contributed by atoms with Crippen LogP contribution in [0.4, 0.5) is 15.8 Å². The van der Waals surface area contributed by atoms with Crippen LogP contribution in [0.15, 0.2) is 42.5 Å². The van der Waals surface area contributed by atoms with E-state index in [-0.39, 0.29) is 11.7 Å². The van der Waals surface area contributed by atoms with Crippen LogP contribution in [0.3, 0.4) is 0 Å². The molecule has 1 atom stereocenters. The maximum absolute atomic E-state index is 13.8. The van der Waals surface area contributed by atoms with E-state index in [1.807, 2.05) is 31.2 Å². The van der Waals surface area contributed by atoms with Crippen molar-refractivity contribution in [1.29, 1.82) is 0 Å². The summed E-state index contributed by atoms with van der Waals surface area (Å²) in [5, 5.41) is 5.84. The average Bonchev–Trinajstić information content (AvgIpc) is 2.52. The van der Waals surface area contributed by atoms with Gasteiger partial charge in [0.15, 0.2) is 11.6 Å². The fourth-order valence-electron chi connectivity index (χ4n) is 2.13. The zero-order valence-electron chi connectivity index (χ0n) is 13.5. The van der Waals surface area contributed by atoms with Crippen molar-refractivity contribution < 1.29 is 13.9 Å². The van der Waals surface area contributed by atoms with E-state index < -0.39 is 11.9 Å². The molecule has 2 N–H and O–H groups in total. The Kier molecular flexibility index (Phi) is 5.57. The minimum absolute atomic E-state index is 0.186. The fraction of sp³-hybridized carbons (Fsp3) is 0.278. The molecule has 4 nitrogen and oxygen atoms in total. The van der Waals surface area contributed by atoms with E-state index in [0.29, 0.717) is 12.3 Å². The lowest BCUT2D eigenvalue weighted by Gasteiger charge is -2.17. The third-order valence-electron chi connectivity index (χ3n) is 3.41. The van der Waals surface area contributed by atoms with Gasteiger partial charge >= 0.3 is 0 Å². The maximum atomic E-state index is 13.8. The Morgan fingerprint density at radius 3 is 2.65 bits per heavy atom. The first-order valence-corrected chi connectivity index (χ1v) is 7.56. The van der Waals surface area contributed by atoms with E-state index in [0.717, 1.165) is 11.3 Å². The van der Waals surface area contributed by atoms with E-state index in [4.69, 9.17) is 4.74 Å². The van der Waals surface area contributed by atoms with E-state index >= 15 is 0 Å². The minimum atomic E-state index is -0.507. The average molecular weight is 316 g/mol. The van der Waals surface area contributed by atoms with Gasteiger partial charge in [0.05, 0.1) is 6.61 Å². The Morgan fingerprint density at radius 1 is 1.26 bits per heavy atom. The third-order valence-corrected chi connectivity index (χ3v) is 3.41. The van der Waals surface area contributed by atoms with Crippen LogP contribution in [0.25, 0.3) is 0 Å². The third kappa shape index (κ3) is 4.45. The van der Waals surface area contributed by atoms with E-state index in [2.05, 4.69) is 10.6 Å². The topological polar surface area (TPSA) is 50.4 Å². The molecule has 0 aliphatic heterocycles. The van der Waals surface area contributed by atoms with Gasteiger partial charge in [0.1, 0.15) is 6.04 Å². The van der Waals surface area contributed by atoms with Gasteiger partial charge in [-0.15, -0.1) is 0 Å². The van der Waals surface area contributed by atoms with Crippen molar-refractivity contribution in [3.8, 4) is 5.75 Å². The lowest BCUT2D eigenvalue weighted by molar-refractivity contribution is -0.116. The number of carbonyl (C=O) groups is 1. The van der Waals surface area contributed by atoms with Crippen LogP contribution in [0.5, 0.6) is 5.75 Å². The van der Waals surface area contributed by atoms with Gasteiger partial charge in [0, 0.05) is 17.4 Å². The summed E-state index contributed by atoms with van der Waals surface area (Å²) in [5.41, 5.74) is 2.28. The quantitative estimate of drug-likeness (QED) is 0.848. The second kappa shape index (κ2) is 7.63. The number of carbonyl (C=O) groups excluding carboxylic acids is 1. The number of anilines is 2. The molecule has 2 aromatic carbocycles. The summed E-state index contributed by atoms with van der Waals surface area (Å²) < 4.78 is 19.0.